The monoisotopic (exact) mass is 395 g/mol. The van der Waals surface area contributed by atoms with Crippen molar-refractivity contribution in [2.24, 2.45) is 5.73 Å². The van der Waals surface area contributed by atoms with Crippen LogP contribution in [0.15, 0.2) is 0 Å². The Balaban J connectivity index is 0. The average Bonchev–Trinajstić information content (AvgIpc) is 2.66. The molecule has 0 aromatic rings. The first-order valence-corrected chi connectivity index (χ1v) is 9.26. The lowest BCUT2D eigenvalue weighted by atomic mass is 10.6. The standard InChI is InChI=1S/C15H31N3O7.C2H6/c1-14(19)17-2-3-21-4-5-22-6-7-23-8-9-24-10-11-25-12-15(20)18-13-16;1-2/h2-13,16H2,1H3,(H,17,19)(H,18,20);1-2H3. The van der Waals surface area contributed by atoms with E-state index in [9.17, 15) is 9.59 Å². The minimum atomic E-state index is -0.246. The van der Waals surface area contributed by atoms with Crippen LogP contribution in [0.4, 0.5) is 0 Å². The maximum atomic E-state index is 11.0. The molecule has 0 bridgehead atoms. The Morgan fingerprint density at radius 3 is 1.52 bits per heavy atom. The third-order valence-electron chi connectivity index (χ3n) is 2.64. The molecule has 10 nitrogen and oxygen atoms in total. The van der Waals surface area contributed by atoms with Gasteiger partial charge >= 0.3 is 0 Å². The smallest absolute Gasteiger partial charge is 0.246 e. The molecule has 10 heteroatoms. The Morgan fingerprint density at radius 1 is 0.704 bits per heavy atom. The molecule has 0 aromatic heterocycles. The highest BCUT2D eigenvalue weighted by Crippen LogP contribution is 1.84. The summed E-state index contributed by atoms with van der Waals surface area (Å²) in [5.74, 6) is -0.313. The van der Waals surface area contributed by atoms with E-state index in [1.807, 2.05) is 13.8 Å². The van der Waals surface area contributed by atoms with E-state index < -0.39 is 0 Å². The Labute approximate surface area is 162 Å². The SMILES string of the molecule is CC.CC(=O)NCCOCCOCCOCCOCCOCC(=O)NCN. The molecule has 0 aliphatic heterocycles. The first-order valence-electron chi connectivity index (χ1n) is 9.26. The van der Waals surface area contributed by atoms with Crippen molar-refractivity contribution < 1.29 is 33.3 Å². The van der Waals surface area contributed by atoms with Crippen molar-refractivity contribution in [2.75, 3.05) is 79.3 Å². The van der Waals surface area contributed by atoms with Crippen LogP contribution >= 0.6 is 0 Å². The van der Waals surface area contributed by atoms with Gasteiger partial charge < -0.3 is 40.1 Å². The molecule has 0 aliphatic carbocycles. The van der Waals surface area contributed by atoms with Crippen LogP contribution in [0.5, 0.6) is 0 Å². The number of ether oxygens (including phenoxy) is 5. The zero-order chi connectivity index (χ0) is 20.6. The molecule has 0 rings (SSSR count). The Morgan fingerprint density at radius 2 is 1.11 bits per heavy atom. The second-order valence-corrected chi connectivity index (χ2v) is 4.79. The molecule has 2 amide bonds. The van der Waals surface area contributed by atoms with Crippen molar-refractivity contribution in [3.63, 3.8) is 0 Å². The zero-order valence-corrected chi connectivity index (χ0v) is 16.9. The molecule has 0 atom stereocenters. The van der Waals surface area contributed by atoms with Crippen molar-refractivity contribution in [3.8, 4) is 0 Å². The third kappa shape index (κ3) is 27.0. The summed E-state index contributed by atoms with van der Waals surface area (Å²) in [4.78, 5) is 21.6. The minimum absolute atomic E-state index is 0.0225. The largest absolute Gasteiger partial charge is 0.377 e. The fourth-order valence-electron chi connectivity index (χ4n) is 1.51. The van der Waals surface area contributed by atoms with Crippen LogP contribution in [0.3, 0.4) is 0 Å². The summed E-state index contributed by atoms with van der Waals surface area (Å²) in [5, 5.41) is 5.06. The van der Waals surface area contributed by atoms with Gasteiger partial charge in [-0.15, -0.1) is 0 Å². The summed E-state index contributed by atoms with van der Waals surface area (Å²) in [6, 6.07) is 0. The van der Waals surface area contributed by atoms with Gasteiger partial charge in [0.2, 0.25) is 11.8 Å². The molecular weight excluding hydrogens is 358 g/mol. The summed E-state index contributed by atoms with van der Waals surface area (Å²) < 4.78 is 26.3. The second-order valence-electron chi connectivity index (χ2n) is 4.79. The van der Waals surface area contributed by atoms with Gasteiger partial charge in [-0.25, -0.2) is 0 Å². The molecular formula is C17H37N3O7. The maximum Gasteiger partial charge on any atom is 0.246 e. The predicted octanol–water partition coefficient (Wildman–Crippen LogP) is -0.736. The molecule has 27 heavy (non-hydrogen) atoms. The number of carbonyl (C=O) groups excluding carboxylic acids is 2. The molecule has 0 aromatic carbocycles. The summed E-state index contributed by atoms with van der Waals surface area (Å²) in [7, 11) is 0. The lowest BCUT2D eigenvalue weighted by Crippen LogP contribution is -2.32. The molecule has 0 saturated carbocycles. The molecule has 0 radical (unpaired) electrons. The predicted molar refractivity (Wildman–Crippen MR) is 101 cm³/mol. The highest BCUT2D eigenvalue weighted by molar-refractivity contribution is 5.77. The van der Waals surface area contributed by atoms with Crippen molar-refractivity contribution in [3.05, 3.63) is 0 Å². The van der Waals surface area contributed by atoms with Gasteiger partial charge in [0.15, 0.2) is 0 Å². The summed E-state index contributed by atoms with van der Waals surface area (Å²) >= 11 is 0. The number of hydrogen-bond donors (Lipinski definition) is 3. The van der Waals surface area contributed by atoms with Gasteiger partial charge in [-0.3, -0.25) is 9.59 Å². The fourth-order valence-corrected chi connectivity index (χ4v) is 1.51. The lowest BCUT2D eigenvalue weighted by molar-refractivity contribution is -0.126. The number of nitrogens with one attached hydrogen (secondary N) is 2. The number of rotatable bonds is 18. The van der Waals surface area contributed by atoms with Crippen LogP contribution in [0.2, 0.25) is 0 Å². The highest BCUT2D eigenvalue weighted by Gasteiger charge is 1.98. The van der Waals surface area contributed by atoms with E-state index in [4.69, 9.17) is 29.4 Å². The first-order chi connectivity index (χ1) is 13.2. The van der Waals surface area contributed by atoms with E-state index in [1.54, 1.807) is 0 Å². The zero-order valence-electron chi connectivity index (χ0n) is 16.9. The van der Waals surface area contributed by atoms with Crippen molar-refractivity contribution in [1.82, 2.24) is 10.6 Å². The summed E-state index contributed by atoms with van der Waals surface area (Å²) in [6.07, 6.45) is 0. The van der Waals surface area contributed by atoms with Gasteiger partial charge in [0.25, 0.3) is 0 Å². The first kappa shape index (κ1) is 27.9. The van der Waals surface area contributed by atoms with Gasteiger partial charge in [-0.2, -0.15) is 0 Å². The van der Waals surface area contributed by atoms with Crippen LogP contribution in [0.1, 0.15) is 20.8 Å². The quantitative estimate of drug-likeness (QED) is 0.204. The molecule has 0 heterocycles. The molecule has 0 aliphatic rings. The fraction of sp³-hybridized carbons (Fsp3) is 0.882. The van der Waals surface area contributed by atoms with Gasteiger partial charge in [0.1, 0.15) is 6.61 Å². The molecule has 4 N–H and O–H groups in total. The van der Waals surface area contributed by atoms with Gasteiger partial charge in [0, 0.05) is 13.5 Å². The van der Waals surface area contributed by atoms with Crippen LogP contribution in [0.25, 0.3) is 0 Å². The molecule has 0 unspecified atom stereocenters. The molecule has 0 spiro atoms. The van der Waals surface area contributed by atoms with Crippen molar-refractivity contribution in [2.45, 2.75) is 20.8 Å². The van der Waals surface area contributed by atoms with Crippen molar-refractivity contribution in [1.29, 1.82) is 0 Å². The highest BCUT2D eigenvalue weighted by atomic mass is 16.6. The molecule has 0 fully saturated rings. The van der Waals surface area contributed by atoms with E-state index in [1.165, 1.54) is 6.92 Å². The van der Waals surface area contributed by atoms with E-state index in [0.717, 1.165) is 0 Å². The number of hydrogen-bond acceptors (Lipinski definition) is 8. The second kappa shape index (κ2) is 24.7. The Hall–Kier alpha value is -1.30. The summed E-state index contributed by atoms with van der Waals surface area (Å²) in [5.41, 5.74) is 5.15. The van der Waals surface area contributed by atoms with Gasteiger partial charge in [0.05, 0.1) is 66.1 Å². The van der Waals surface area contributed by atoms with Crippen molar-refractivity contribution >= 4 is 11.8 Å². The number of nitrogens with two attached hydrogens (primary N) is 1. The molecule has 162 valence electrons. The van der Waals surface area contributed by atoms with E-state index in [0.29, 0.717) is 66.0 Å². The summed E-state index contributed by atoms with van der Waals surface area (Å²) in [6.45, 7) is 10.1. The third-order valence-corrected chi connectivity index (χ3v) is 2.64. The Kier molecular flexibility index (Phi) is 25.5. The minimum Gasteiger partial charge on any atom is -0.377 e. The molecule has 0 saturated heterocycles. The normalized spacial score (nSPS) is 10.1. The van der Waals surface area contributed by atoms with Gasteiger partial charge in [-0.1, -0.05) is 13.8 Å². The van der Waals surface area contributed by atoms with Crippen LogP contribution in [-0.2, 0) is 33.3 Å². The van der Waals surface area contributed by atoms with E-state index in [2.05, 4.69) is 10.6 Å². The Bertz CT molecular complexity index is 334. The number of carbonyl (C=O) groups is 2. The van der Waals surface area contributed by atoms with Crippen LogP contribution in [0, 0.1) is 0 Å². The van der Waals surface area contributed by atoms with Crippen LogP contribution < -0.4 is 16.4 Å². The maximum absolute atomic E-state index is 11.0. The van der Waals surface area contributed by atoms with E-state index >= 15 is 0 Å². The van der Waals surface area contributed by atoms with Gasteiger partial charge in [-0.05, 0) is 0 Å². The average molecular weight is 395 g/mol. The van der Waals surface area contributed by atoms with Crippen LogP contribution in [-0.4, -0.2) is 91.1 Å². The van der Waals surface area contributed by atoms with E-state index in [-0.39, 0.29) is 25.1 Å². The lowest BCUT2D eigenvalue weighted by Gasteiger charge is -2.08. The topological polar surface area (TPSA) is 130 Å². The number of amides is 2.